The number of fused-ring (bicyclic) bond motifs is 4. The van der Waals surface area contributed by atoms with Gasteiger partial charge in [-0.25, -0.2) is 9.97 Å². The summed E-state index contributed by atoms with van der Waals surface area (Å²) in [5.74, 6) is 0. The first-order chi connectivity index (χ1) is 10.9. The Morgan fingerprint density at radius 3 is 2.68 bits per heavy atom. The lowest BCUT2D eigenvalue weighted by Gasteiger charge is -2.14. The molecule has 0 N–H and O–H groups in total. The van der Waals surface area contributed by atoms with Crippen molar-refractivity contribution in [2.75, 3.05) is 0 Å². The fraction of sp³-hybridized carbons (Fsp3) is 0.100. The third kappa shape index (κ3) is 1.67. The van der Waals surface area contributed by atoms with Crippen molar-refractivity contribution in [1.82, 2.24) is 9.97 Å². The number of hydrogen-bond donors (Lipinski definition) is 0. The average molecular weight is 282 g/mol. The van der Waals surface area contributed by atoms with E-state index >= 15 is 0 Å². The molecule has 0 aliphatic heterocycles. The molecular formula is C20H14N2. The predicted molar refractivity (Wildman–Crippen MR) is 86.4 cm³/mol. The van der Waals surface area contributed by atoms with Gasteiger partial charge < -0.3 is 0 Å². The van der Waals surface area contributed by atoms with E-state index in [9.17, 15) is 0 Å². The molecular weight excluding hydrogens is 268 g/mol. The lowest BCUT2D eigenvalue weighted by molar-refractivity contribution is 0.905. The lowest BCUT2D eigenvalue weighted by atomic mass is 9.97. The van der Waals surface area contributed by atoms with Crippen molar-refractivity contribution in [3.63, 3.8) is 0 Å². The van der Waals surface area contributed by atoms with Crippen molar-refractivity contribution in [3.8, 4) is 0 Å². The molecule has 1 heterocycles. The molecule has 0 spiro atoms. The van der Waals surface area contributed by atoms with Crippen LogP contribution in [0.3, 0.4) is 0 Å². The summed E-state index contributed by atoms with van der Waals surface area (Å²) in [6, 6.07) is 17.0. The summed E-state index contributed by atoms with van der Waals surface area (Å²) in [5.41, 5.74) is 4.78. The molecule has 0 unspecified atom stereocenters. The van der Waals surface area contributed by atoms with E-state index in [1.807, 2.05) is 0 Å². The van der Waals surface area contributed by atoms with E-state index in [4.69, 9.17) is 9.97 Å². The molecule has 5 rings (SSSR count). The van der Waals surface area contributed by atoms with Crippen LogP contribution in [0.1, 0.15) is 22.5 Å². The van der Waals surface area contributed by atoms with Crippen LogP contribution in [0, 0.1) is 10.6 Å². The fourth-order valence-corrected chi connectivity index (χ4v) is 3.38. The number of rotatable bonds is 0. The first kappa shape index (κ1) is 11.9. The standard InChI is InChI=1S/C20H14N2/c1-2-7-15-12-19-18(11-14(15)6-1)21-17-10-9-13-5-3-4-8-16(13)20(17)22-19/h1-9,11H,10,12H2. The first-order valence-electron chi connectivity index (χ1n) is 7.63. The van der Waals surface area contributed by atoms with E-state index in [1.165, 1.54) is 21.6 Å². The summed E-state index contributed by atoms with van der Waals surface area (Å²) in [7, 11) is 0. The molecule has 0 atom stereocenters. The Bertz CT molecular complexity index is 1130. The maximum Gasteiger partial charge on any atom is 0.0930 e. The maximum absolute atomic E-state index is 4.98. The Balaban J connectivity index is 1.90. The van der Waals surface area contributed by atoms with Gasteiger partial charge in [0.05, 0.1) is 22.1 Å². The smallest absolute Gasteiger partial charge is 0.0930 e. The highest BCUT2D eigenvalue weighted by Gasteiger charge is 2.13. The van der Waals surface area contributed by atoms with Gasteiger partial charge in [0.15, 0.2) is 0 Å². The van der Waals surface area contributed by atoms with Gasteiger partial charge in [-0.3, -0.25) is 0 Å². The van der Waals surface area contributed by atoms with Crippen LogP contribution >= 0.6 is 0 Å². The summed E-state index contributed by atoms with van der Waals surface area (Å²) in [4.78, 5) is 9.88. The SMILES string of the molecule is C1=c2nc3c(nc2Cc2ccccc21)=c1ccccc1=CC3. The number of benzene rings is 2. The van der Waals surface area contributed by atoms with Crippen molar-refractivity contribution in [1.29, 1.82) is 0 Å². The summed E-state index contributed by atoms with van der Waals surface area (Å²) >= 11 is 0. The quantitative estimate of drug-likeness (QED) is 0.492. The molecule has 0 saturated carbocycles. The normalized spacial score (nSPS) is 13.8. The highest BCUT2D eigenvalue weighted by Crippen LogP contribution is 2.16. The minimum Gasteiger partial charge on any atom is -0.249 e. The summed E-state index contributed by atoms with van der Waals surface area (Å²) in [6.45, 7) is 0. The van der Waals surface area contributed by atoms with Gasteiger partial charge in [-0.15, -0.1) is 0 Å². The third-order valence-corrected chi connectivity index (χ3v) is 4.51. The number of nitrogens with zero attached hydrogens (tertiary/aromatic N) is 2. The first-order valence-corrected chi connectivity index (χ1v) is 7.63. The molecule has 2 aliphatic rings. The Labute approximate surface area is 127 Å². The zero-order valence-electron chi connectivity index (χ0n) is 12.1. The third-order valence-electron chi connectivity index (χ3n) is 4.51. The lowest BCUT2D eigenvalue weighted by Crippen LogP contribution is -2.25. The summed E-state index contributed by atoms with van der Waals surface area (Å²) in [5, 5.41) is 4.57. The summed E-state index contributed by atoms with van der Waals surface area (Å²) in [6.07, 6.45) is 6.15. The van der Waals surface area contributed by atoms with E-state index in [1.54, 1.807) is 0 Å². The van der Waals surface area contributed by atoms with E-state index in [2.05, 4.69) is 60.7 Å². The van der Waals surface area contributed by atoms with E-state index < -0.39 is 0 Å². The topological polar surface area (TPSA) is 25.8 Å². The van der Waals surface area contributed by atoms with Gasteiger partial charge in [-0.2, -0.15) is 0 Å². The van der Waals surface area contributed by atoms with Crippen LogP contribution in [0.5, 0.6) is 0 Å². The van der Waals surface area contributed by atoms with E-state index in [0.29, 0.717) is 0 Å². The molecule has 1 aromatic heterocycles. The molecule has 3 aromatic rings. The van der Waals surface area contributed by atoms with Gasteiger partial charge in [-0.05, 0) is 22.4 Å². The second-order valence-corrected chi connectivity index (χ2v) is 5.87. The van der Waals surface area contributed by atoms with Gasteiger partial charge in [0, 0.05) is 18.1 Å². The molecule has 2 heteroatoms. The number of hydrogen-bond acceptors (Lipinski definition) is 2. The monoisotopic (exact) mass is 282 g/mol. The molecule has 2 aromatic carbocycles. The molecule has 0 bridgehead atoms. The molecule has 0 saturated heterocycles. The van der Waals surface area contributed by atoms with Crippen LogP contribution in [0.15, 0.2) is 48.5 Å². The van der Waals surface area contributed by atoms with Crippen LogP contribution in [0.4, 0.5) is 0 Å². The molecule has 2 nitrogen and oxygen atoms in total. The molecule has 22 heavy (non-hydrogen) atoms. The fourth-order valence-electron chi connectivity index (χ4n) is 3.38. The molecule has 0 radical (unpaired) electrons. The zero-order valence-corrected chi connectivity index (χ0v) is 12.1. The number of aromatic nitrogens is 2. The van der Waals surface area contributed by atoms with Crippen molar-refractivity contribution in [2.24, 2.45) is 0 Å². The Hall–Kier alpha value is -2.74. The van der Waals surface area contributed by atoms with Crippen molar-refractivity contribution in [2.45, 2.75) is 12.8 Å². The Kier molecular flexibility index (Phi) is 2.36. The van der Waals surface area contributed by atoms with Crippen LogP contribution in [0.2, 0.25) is 0 Å². The zero-order chi connectivity index (χ0) is 14.5. The largest absolute Gasteiger partial charge is 0.249 e. The molecule has 2 aliphatic carbocycles. The molecule has 104 valence electrons. The van der Waals surface area contributed by atoms with Crippen LogP contribution in [-0.2, 0) is 12.8 Å². The van der Waals surface area contributed by atoms with E-state index in [0.717, 1.165) is 34.9 Å². The molecule has 0 fully saturated rings. The van der Waals surface area contributed by atoms with Crippen LogP contribution in [-0.4, -0.2) is 9.97 Å². The van der Waals surface area contributed by atoms with Gasteiger partial charge in [-0.1, -0.05) is 54.6 Å². The minimum absolute atomic E-state index is 0.863. The van der Waals surface area contributed by atoms with Crippen LogP contribution < -0.4 is 10.6 Å². The minimum atomic E-state index is 0.863. The van der Waals surface area contributed by atoms with E-state index in [-0.39, 0.29) is 0 Å². The highest BCUT2D eigenvalue weighted by atomic mass is 14.8. The van der Waals surface area contributed by atoms with Gasteiger partial charge in [0.2, 0.25) is 0 Å². The second kappa shape index (κ2) is 4.38. The average Bonchev–Trinajstić information content (AvgIpc) is 2.58. The second-order valence-electron chi connectivity index (χ2n) is 5.87. The summed E-state index contributed by atoms with van der Waals surface area (Å²) < 4.78 is 0. The van der Waals surface area contributed by atoms with Gasteiger partial charge in [0.25, 0.3) is 0 Å². The van der Waals surface area contributed by atoms with Crippen LogP contribution in [0.25, 0.3) is 12.2 Å². The van der Waals surface area contributed by atoms with Crippen molar-refractivity contribution >= 4 is 12.2 Å². The Morgan fingerprint density at radius 1 is 0.818 bits per heavy atom. The van der Waals surface area contributed by atoms with Gasteiger partial charge >= 0.3 is 0 Å². The maximum atomic E-state index is 4.98. The Morgan fingerprint density at radius 2 is 1.68 bits per heavy atom. The highest BCUT2D eigenvalue weighted by molar-refractivity contribution is 5.57. The van der Waals surface area contributed by atoms with Crippen molar-refractivity contribution in [3.05, 3.63) is 92.2 Å². The molecule has 0 amide bonds. The predicted octanol–water partition coefficient (Wildman–Crippen LogP) is 1.83. The van der Waals surface area contributed by atoms with Gasteiger partial charge in [0.1, 0.15) is 0 Å². The van der Waals surface area contributed by atoms with Crippen molar-refractivity contribution < 1.29 is 0 Å².